The summed E-state index contributed by atoms with van der Waals surface area (Å²) in [5.41, 5.74) is 2.27. The van der Waals surface area contributed by atoms with Crippen molar-refractivity contribution >= 4 is 28.4 Å². The van der Waals surface area contributed by atoms with Crippen molar-refractivity contribution in [3.05, 3.63) is 62.7 Å². The van der Waals surface area contributed by atoms with Gasteiger partial charge in [-0.05, 0) is 52.8 Å². The average molecular weight is 391 g/mol. The van der Waals surface area contributed by atoms with Crippen LogP contribution >= 0.6 is 22.6 Å². The summed E-state index contributed by atoms with van der Waals surface area (Å²) in [5.74, 6) is -0.367. The molecule has 0 aliphatic carbocycles. The predicted octanol–water partition coefficient (Wildman–Crippen LogP) is 4.10. The fourth-order valence-electron chi connectivity index (χ4n) is 2.10. The fraction of sp³-hybridized carbons (Fsp3) is 0.176. The Morgan fingerprint density at radius 2 is 2.00 bits per heavy atom. The summed E-state index contributed by atoms with van der Waals surface area (Å²) < 4.78 is 6.05. The Morgan fingerprint density at radius 3 is 2.67 bits per heavy atom. The molecule has 0 radical (unpaired) electrons. The van der Waals surface area contributed by atoms with Gasteiger partial charge in [-0.1, -0.05) is 30.3 Å². The number of benzene rings is 2. The first-order valence-corrected chi connectivity index (χ1v) is 7.49. The molecule has 0 amide bonds. The second-order valence-electron chi connectivity index (χ2n) is 4.64. The van der Waals surface area contributed by atoms with E-state index in [0.29, 0.717) is 16.9 Å². The second kappa shape index (κ2) is 6.72. The number of halogens is 1. The number of rotatable bonds is 4. The molecule has 106 valence electrons. The van der Waals surface area contributed by atoms with Gasteiger partial charge < -0.3 is 4.74 Å². The Bertz CT molecular complexity index is 719. The number of carbonyl (C=O) groups is 1. The van der Waals surface area contributed by atoms with Crippen LogP contribution in [0.15, 0.2) is 42.5 Å². The molecule has 2 rings (SSSR count). The number of nitriles is 1. The van der Waals surface area contributed by atoms with Gasteiger partial charge in [-0.15, -0.1) is 0 Å². The molecule has 0 fully saturated rings. The van der Waals surface area contributed by atoms with E-state index in [2.05, 4.69) is 28.7 Å². The topological polar surface area (TPSA) is 50.1 Å². The molecule has 0 saturated carbocycles. The molecule has 4 heteroatoms. The third-order valence-electron chi connectivity index (χ3n) is 3.28. The number of carbonyl (C=O) groups excluding carboxylic acids is 1. The number of aryl methyl sites for hydroxylation is 1. The van der Waals surface area contributed by atoms with Crippen LogP contribution in [-0.4, -0.2) is 12.9 Å². The first-order chi connectivity index (χ1) is 10.1. The van der Waals surface area contributed by atoms with E-state index in [-0.39, 0.29) is 5.78 Å². The van der Waals surface area contributed by atoms with Gasteiger partial charge in [0, 0.05) is 9.13 Å². The first kappa shape index (κ1) is 15.5. The highest BCUT2D eigenvalue weighted by molar-refractivity contribution is 14.1. The number of ether oxygens (including phenoxy) is 1. The van der Waals surface area contributed by atoms with Crippen LogP contribution in [0, 0.1) is 21.8 Å². The molecule has 2 aromatic rings. The van der Waals surface area contributed by atoms with Gasteiger partial charge in [-0.2, -0.15) is 5.26 Å². The predicted molar refractivity (Wildman–Crippen MR) is 89.6 cm³/mol. The van der Waals surface area contributed by atoms with Gasteiger partial charge in [-0.25, -0.2) is 0 Å². The summed E-state index contributed by atoms with van der Waals surface area (Å²) in [7, 11) is 1.56. The highest BCUT2D eigenvalue weighted by Crippen LogP contribution is 2.27. The number of ketones is 1. The van der Waals surface area contributed by atoms with Crippen molar-refractivity contribution in [1.82, 2.24) is 0 Å². The Labute approximate surface area is 137 Å². The lowest BCUT2D eigenvalue weighted by molar-refractivity contribution is 0.0978. The minimum Gasteiger partial charge on any atom is -0.497 e. The highest BCUT2D eigenvalue weighted by atomic mass is 127. The SMILES string of the molecule is COc1cccc(C(C#N)C(=O)c2cccc(C)c2I)c1. The van der Waals surface area contributed by atoms with Crippen LogP contribution < -0.4 is 4.74 Å². The van der Waals surface area contributed by atoms with Crippen LogP contribution in [0.2, 0.25) is 0 Å². The average Bonchev–Trinajstić information content (AvgIpc) is 2.51. The van der Waals surface area contributed by atoms with Crippen molar-refractivity contribution < 1.29 is 9.53 Å². The lowest BCUT2D eigenvalue weighted by Crippen LogP contribution is -2.13. The minimum atomic E-state index is -0.824. The molecule has 0 bridgehead atoms. The molecule has 0 N–H and O–H groups in total. The molecule has 0 spiro atoms. The first-order valence-electron chi connectivity index (χ1n) is 6.41. The Hall–Kier alpha value is -1.87. The smallest absolute Gasteiger partial charge is 0.185 e. The van der Waals surface area contributed by atoms with Gasteiger partial charge in [0.15, 0.2) is 5.78 Å². The molecule has 0 heterocycles. The lowest BCUT2D eigenvalue weighted by Gasteiger charge is -2.12. The second-order valence-corrected chi connectivity index (χ2v) is 5.72. The highest BCUT2D eigenvalue weighted by Gasteiger charge is 2.24. The zero-order valence-corrected chi connectivity index (χ0v) is 13.9. The molecular weight excluding hydrogens is 377 g/mol. The zero-order valence-electron chi connectivity index (χ0n) is 11.8. The monoisotopic (exact) mass is 391 g/mol. The van der Waals surface area contributed by atoms with Gasteiger partial charge in [-0.3, -0.25) is 4.79 Å². The quantitative estimate of drug-likeness (QED) is 0.583. The van der Waals surface area contributed by atoms with Gasteiger partial charge in [0.25, 0.3) is 0 Å². The summed E-state index contributed by atoms with van der Waals surface area (Å²) in [4.78, 5) is 12.7. The zero-order chi connectivity index (χ0) is 15.4. The molecule has 0 aliphatic heterocycles. The number of hydrogen-bond acceptors (Lipinski definition) is 3. The van der Waals surface area contributed by atoms with Crippen molar-refractivity contribution in [1.29, 1.82) is 5.26 Å². The molecule has 1 atom stereocenters. The van der Waals surface area contributed by atoms with E-state index in [4.69, 9.17) is 4.74 Å². The van der Waals surface area contributed by atoms with Crippen molar-refractivity contribution in [3.63, 3.8) is 0 Å². The lowest BCUT2D eigenvalue weighted by atomic mass is 9.91. The molecule has 0 saturated heterocycles. The maximum atomic E-state index is 12.7. The van der Waals surface area contributed by atoms with E-state index in [0.717, 1.165) is 9.13 Å². The van der Waals surface area contributed by atoms with Crippen molar-refractivity contribution in [2.24, 2.45) is 0 Å². The molecule has 1 unspecified atom stereocenters. The standard InChI is InChI=1S/C17H14INO2/c1-11-5-3-8-14(16(11)18)17(20)15(10-19)12-6-4-7-13(9-12)21-2/h3-9,15H,1-2H3. The van der Waals surface area contributed by atoms with Crippen LogP contribution in [0.5, 0.6) is 5.75 Å². The summed E-state index contributed by atoms with van der Waals surface area (Å²) in [6.07, 6.45) is 0. The van der Waals surface area contributed by atoms with E-state index in [1.807, 2.05) is 19.1 Å². The third-order valence-corrected chi connectivity index (χ3v) is 4.71. The van der Waals surface area contributed by atoms with E-state index in [9.17, 15) is 10.1 Å². The number of hydrogen-bond donors (Lipinski definition) is 0. The molecule has 0 aliphatic rings. The minimum absolute atomic E-state index is 0.182. The van der Waals surface area contributed by atoms with Crippen LogP contribution in [0.25, 0.3) is 0 Å². The van der Waals surface area contributed by atoms with Crippen LogP contribution in [0.1, 0.15) is 27.4 Å². The normalized spacial score (nSPS) is 11.5. The molecule has 3 nitrogen and oxygen atoms in total. The molecular formula is C17H14INO2. The van der Waals surface area contributed by atoms with E-state index >= 15 is 0 Å². The molecule has 2 aromatic carbocycles. The van der Waals surface area contributed by atoms with E-state index in [1.54, 1.807) is 37.4 Å². The van der Waals surface area contributed by atoms with E-state index in [1.165, 1.54) is 0 Å². The van der Waals surface area contributed by atoms with Gasteiger partial charge in [0.2, 0.25) is 0 Å². The Balaban J connectivity index is 2.44. The van der Waals surface area contributed by atoms with Gasteiger partial charge in [0.05, 0.1) is 13.2 Å². The maximum Gasteiger partial charge on any atom is 0.185 e. The fourth-order valence-corrected chi connectivity index (χ4v) is 2.72. The molecule has 0 aromatic heterocycles. The number of nitrogens with zero attached hydrogens (tertiary/aromatic N) is 1. The number of Topliss-reactive ketones (excluding diaryl/α,β-unsaturated/α-hetero) is 1. The van der Waals surface area contributed by atoms with Crippen molar-refractivity contribution in [2.75, 3.05) is 7.11 Å². The summed E-state index contributed by atoms with van der Waals surface area (Å²) in [6.45, 7) is 1.95. The van der Waals surface area contributed by atoms with Crippen LogP contribution in [-0.2, 0) is 0 Å². The third kappa shape index (κ3) is 3.24. The summed E-state index contributed by atoms with van der Waals surface area (Å²) in [5, 5.41) is 9.42. The molecule has 21 heavy (non-hydrogen) atoms. The van der Waals surface area contributed by atoms with E-state index < -0.39 is 5.92 Å². The van der Waals surface area contributed by atoms with Gasteiger partial charge >= 0.3 is 0 Å². The van der Waals surface area contributed by atoms with Crippen molar-refractivity contribution in [2.45, 2.75) is 12.8 Å². The van der Waals surface area contributed by atoms with Crippen LogP contribution in [0.4, 0.5) is 0 Å². The summed E-state index contributed by atoms with van der Waals surface area (Å²) in [6, 6.07) is 14.7. The maximum absolute atomic E-state index is 12.7. The van der Waals surface area contributed by atoms with Gasteiger partial charge in [0.1, 0.15) is 11.7 Å². The largest absolute Gasteiger partial charge is 0.497 e. The number of methoxy groups -OCH3 is 1. The summed E-state index contributed by atoms with van der Waals surface area (Å²) >= 11 is 2.15. The Kier molecular flexibility index (Phi) is 4.97. The Morgan fingerprint density at radius 1 is 1.29 bits per heavy atom. The van der Waals surface area contributed by atoms with Crippen LogP contribution in [0.3, 0.4) is 0 Å². The van der Waals surface area contributed by atoms with Crippen molar-refractivity contribution in [3.8, 4) is 11.8 Å².